The van der Waals surface area contributed by atoms with Crippen LogP contribution in [0, 0.1) is 23.7 Å². The van der Waals surface area contributed by atoms with Crippen molar-refractivity contribution in [3.05, 3.63) is 0 Å². The van der Waals surface area contributed by atoms with Crippen LogP contribution >= 0.6 is 0 Å². The van der Waals surface area contributed by atoms with E-state index in [4.69, 9.17) is 4.74 Å². The number of hydrogen-bond donors (Lipinski definition) is 1. The van der Waals surface area contributed by atoms with Crippen LogP contribution in [0.4, 0.5) is 0 Å². The summed E-state index contributed by atoms with van der Waals surface area (Å²) in [5.41, 5.74) is 0. The maximum Gasteiger partial charge on any atom is 0.310 e. The smallest absolute Gasteiger partial charge is 0.310 e. The van der Waals surface area contributed by atoms with Gasteiger partial charge in [0.05, 0.1) is 11.8 Å². The van der Waals surface area contributed by atoms with E-state index in [1.807, 2.05) is 0 Å². The van der Waals surface area contributed by atoms with E-state index in [1.165, 1.54) is 32.1 Å². The van der Waals surface area contributed by atoms with Gasteiger partial charge in [-0.3, -0.25) is 9.59 Å². The fourth-order valence-electron chi connectivity index (χ4n) is 4.55. The number of carbonyl (C=O) groups is 2. The molecule has 164 valence electrons. The predicted octanol–water partition coefficient (Wildman–Crippen LogP) is 6.61. The lowest BCUT2D eigenvalue weighted by molar-refractivity contribution is -0.164. The van der Waals surface area contributed by atoms with Crippen molar-refractivity contribution in [1.29, 1.82) is 0 Å². The van der Waals surface area contributed by atoms with Crippen LogP contribution in [0.5, 0.6) is 0 Å². The zero-order valence-corrected chi connectivity index (χ0v) is 18.8. The molecule has 4 nitrogen and oxygen atoms in total. The predicted molar refractivity (Wildman–Crippen MR) is 114 cm³/mol. The molecule has 0 bridgehead atoms. The van der Waals surface area contributed by atoms with Crippen LogP contribution in [0.1, 0.15) is 111 Å². The summed E-state index contributed by atoms with van der Waals surface area (Å²) in [6, 6.07) is 0. The van der Waals surface area contributed by atoms with Crippen LogP contribution in [-0.4, -0.2) is 23.1 Å². The first-order valence-electron chi connectivity index (χ1n) is 11.8. The van der Waals surface area contributed by atoms with Gasteiger partial charge in [-0.2, -0.15) is 0 Å². The number of esters is 1. The van der Waals surface area contributed by atoms with Gasteiger partial charge in [-0.05, 0) is 43.9 Å². The first-order chi connectivity index (χ1) is 13.4. The van der Waals surface area contributed by atoms with Crippen LogP contribution in [0.2, 0.25) is 0 Å². The number of unbranched alkanes of at least 4 members (excludes halogenated alkanes) is 2. The van der Waals surface area contributed by atoms with E-state index in [1.54, 1.807) is 0 Å². The summed E-state index contributed by atoms with van der Waals surface area (Å²) >= 11 is 0. The van der Waals surface area contributed by atoms with Gasteiger partial charge in [0, 0.05) is 0 Å². The largest absolute Gasteiger partial charge is 0.481 e. The number of rotatable bonds is 14. The van der Waals surface area contributed by atoms with Crippen molar-refractivity contribution in [1.82, 2.24) is 0 Å². The number of carboxylic acids is 1. The van der Waals surface area contributed by atoms with E-state index in [-0.39, 0.29) is 12.1 Å². The molecule has 0 radical (unpaired) electrons. The molecular formula is C24H44O4. The Morgan fingerprint density at radius 3 is 2.18 bits per heavy atom. The molecule has 0 spiro atoms. The molecule has 1 aliphatic rings. The minimum absolute atomic E-state index is 0.0653. The van der Waals surface area contributed by atoms with Crippen molar-refractivity contribution in [3.63, 3.8) is 0 Å². The van der Waals surface area contributed by atoms with Gasteiger partial charge in [-0.1, -0.05) is 79.1 Å². The normalized spacial score (nSPS) is 22.0. The lowest BCUT2D eigenvalue weighted by Gasteiger charge is -2.30. The number of ether oxygens (including phenoxy) is 1. The van der Waals surface area contributed by atoms with Gasteiger partial charge in [0.25, 0.3) is 0 Å². The fourth-order valence-corrected chi connectivity index (χ4v) is 4.55. The van der Waals surface area contributed by atoms with Gasteiger partial charge in [0.15, 0.2) is 0 Å². The quantitative estimate of drug-likeness (QED) is 0.265. The van der Waals surface area contributed by atoms with Gasteiger partial charge in [0.1, 0.15) is 6.10 Å². The zero-order valence-electron chi connectivity index (χ0n) is 18.8. The Bertz CT molecular complexity index is 446. The summed E-state index contributed by atoms with van der Waals surface area (Å²) in [4.78, 5) is 24.5. The monoisotopic (exact) mass is 396 g/mol. The molecule has 0 heterocycles. The average molecular weight is 397 g/mol. The van der Waals surface area contributed by atoms with Crippen molar-refractivity contribution in [3.8, 4) is 0 Å². The van der Waals surface area contributed by atoms with E-state index in [2.05, 4.69) is 27.7 Å². The Hall–Kier alpha value is -1.06. The van der Waals surface area contributed by atoms with Crippen LogP contribution in [0.25, 0.3) is 0 Å². The van der Waals surface area contributed by atoms with Gasteiger partial charge < -0.3 is 9.84 Å². The van der Waals surface area contributed by atoms with Gasteiger partial charge in [-0.25, -0.2) is 0 Å². The molecule has 1 fully saturated rings. The lowest BCUT2D eigenvalue weighted by Crippen LogP contribution is -2.36. The van der Waals surface area contributed by atoms with E-state index >= 15 is 0 Å². The molecule has 4 atom stereocenters. The lowest BCUT2D eigenvalue weighted by atomic mass is 9.79. The third-order valence-corrected chi connectivity index (χ3v) is 6.24. The number of hydrogen-bond acceptors (Lipinski definition) is 3. The molecule has 0 aromatic rings. The highest BCUT2D eigenvalue weighted by atomic mass is 16.5. The Morgan fingerprint density at radius 2 is 1.61 bits per heavy atom. The summed E-state index contributed by atoms with van der Waals surface area (Å²) in [5.74, 6) is -0.954. The third kappa shape index (κ3) is 9.43. The molecule has 1 aliphatic carbocycles. The second-order valence-corrected chi connectivity index (χ2v) is 9.25. The molecule has 0 aliphatic heterocycles. The third-order valence-electron chi connectivity index (χ3n) is 6.24. The topological polar surface area (TPSA) is 63.6 Å². The average Bonchev–Trinajstić information content (AvgIpc) is 2.66. The molecule has 0 saturated heterocycles. The highest BCUT2D eigenvalue weighted by Crippen LogP contribution is 2.33. The summed E-state index contributed by atoms with van der Waals surface area (Å²) in [5, 5.41) is 9.50. The molecule has 4 unspecified atom stereocenters. The molecular weight excluding hydrogens is 352 g/mol. The minimum atomic E-state index is -0.844. The summed E-state index contributed by atoms with van der Waals surface area (Å²) in [6.07, 6.45) is 13.2. The highest BCUT2D eigenvalue weighted by molar-refractivity contribution is 5.81. The van der Waals surface area contributed by atoms with Crippen molar-refractivity contribution in [2.75, 3.05) is 0 Å². The minimum Gasteiger partial charge on any atom is -0.481 e. The molecule has 1 rings (SSSR count). The number of carbonyl (C=O) groups excluding carboxylic acids is 1. The fraction of sp³-hybridized carbons (Fsp3) is 0.917. The van der Waals surface area contributed by atoms with Crippen LogP contribution in [-0.2, 0) is 14.3 Å². The molecule has 4 heteroatoms. The zero-order chi connectivity index (χ0) is 20.9. The molecule has 1 saturated carbocycles. The maximum atomic E-state index is 12.9. The Morgan fingerprint density at radius 1 is 0.929 bits per heavy atom. The first kappa shape index (κ1) is 25.0. The van der Waals surface area contributed by atoms with Crippen molar-refractivity contribution < 1.29 is 19.4 Å². The Kier molecular flexibility index (Phi) is 12.5. The second-order valence-electron chi connectivity index (χ2n) is 9.25. The first-order valence-corrected chi connectivity index (χ1v) is 11.8. The van der Waals surface area contributed by atoms with Gasteiger partial charge in [0.2, 0.25) is 0 Å². The van der Waals surface area contributed by atoms with E-state index in [0.717, 1.165) is 38.5 Å². The van der Waals surface area contributed by atoms with Crippen LogP contribution in [0.3, 0.4) is 0 Å². The van der Waals surface area contributed by atoms with Gasteiger partial charge in [-0.15, -0.1) is 0 Å². The Labute approximate surface area is 172 Å². The summed E-state index contributed by atoms with van der Waals surface area (Å²) < 4.78 is 6.00. The molecule has 0 aromatic heterocycles. The van der Waals surface area contributed by atoms with E-state index in [0.29, 0.717) is 24.7 Å². The highest BCUT2D eigenvalue weighted by Gasteiger charge is 2.37. The van der Waals surface area contributed by atoms with Gasteiger partial charge >= 0.3 is 11.9 Å². The molecule has 0 aromatic carbocycles. The van der Waals surface area contributed by atoms with Crippen molar-refractivity contribution in [2.24, 2.45) is 23.7 Å². The summed E-state index contributed by atoms with van der Waals surface area (Å²) in [6.45, 7) is 8.85. The number of carboxylic acid groups (broad SMARTS) is 1. The second kappa shape index (κ2) is 14.0. The van der Waals surface area contributed by atoms with Crippen LogP contribution < -0.4 is 0 Å². The van der Waals surface area contributed by atoms with E-state index in [9.17, 15) is 14.7 Å². The molecule has 28 heavy (non-hydrogen) atoms. The Balaban J connectivity index is 2.74. The number of aliphatic carboxylic acids is 1. The molecule has 1 N–H and O–H groups in total. The standard InChI is InChI=1S/C24H44O4/c1-5-7-8-12-19(11-6-2)17-20(16-15-18(3)4)28-24(27)22-14-10-9-13-21(22)23(25)26/h18-22H,5-17H2,1-4H3,(H,25,26). The van der Waals surface area contributed by atoms with Crippen LogP contribution in [0.15, 0.2) is 0 Å². The molecule has 0 amide bonds. The maximum absolute atomic E-state index is 12.9. The van der Waals surface area contributed by atoms with Crippen molar-refractivity contribution >= 4 is 11.9 Å². The summed E-state index contributed by atoms with van der Waals surface area (Å²) in [7, 11) is 0. The van der Waals surface area contributed by atoms with E-state index < -0.39 is 17.8 Å². The van der Waals surface area contributed by atoms with Crippen molar-refractivity contribution in [2.45, 2.75) is 117 Å². The SMILES string of the molecule is CCCCCC(CCC)CC(CCC(C)C)OC(=O)C1CCCCC1C(=O)O.